The molecule has 0 saturated heterocycles. The number of nitrogens with zero attached hydrogens (tertiary/aromatic N) is 4. The number of carbonyl (C=O) groups is 4. The number of amides is 1. The number of imidazole rings is 1. The summed E-state index contributed by atoms with van der Waals surface area (Å²) in [5, 5.41) is 13.0. The molecule has 44 heavy (non-hydrogen) atoms. The van der Waals surface area contributed by atoms with Gasteiger partial charge >= 0.3 is 11.9 Å². The lowest BCUT2D eigenvalue weighted by Crippen LogP contribution is -2.20. The molecule has 216 valence electrons. The highest BCUT2D eigenvalue weighted by molar-refractivity contribution is 6.21. The number of methoxy groups -OCH3 is 2. The molecule has 3 heterocycles. The van der Waals surface area contributed by atoms with Crippen molar-refractivity contribution in [1.82, 2.24) is 14.0 Å². The van der Waals surface area contributed by atoms with E-state index in [1.54, 1.807) is 53.2 Å². The number of rotatable bonds is 7. The number of benzene rings is 3. The number of anilines is 1. The van der Waals surface area contributed by atoms with Crippen LogP contribution in [0.25, 0.3) is 27.6 Å². The number of para-hydroxylation sites is 3. The first-order valence-electron chi connectivity index (χ1n) is 13.4. The third-order valence-electron chi connectivity index (χ3n) is 7.29. The molecule has 3 aromatic carbocycles. The van der Waals surface area contributed by atoms with Gasteiger partial charge in [-0.15, -0.1) is 0 Å². The Bertz CT molecular complexity index is 2180. The van der Waals surface area contributed by atoms with Gasteiger partial charge in [0.15, 0.2) is 0 Å². The molecule has 0 aliphatic carbocycles. The lowest BCUT2D eigenvalue weighted by atomic mass is 10.0. The largest absolute Gasteiger partial charge is 0.465 e. The van der Waals surface area contributed by atoms with Gasteiger partial charge in [0.05, 0.1) is 48.1 Å². The highest BCUT2D eigenvalue weighted by Crippen LogP contribution is 2.34. The van der Waals surface area contributed by atoms with Crippen LogP contribution in [-0.4, -0.2) is 51.8 Å². The highest BCUT2D eigenvalue weighted by atomic mass is 16.5. The van der Waals surface area contributed by atoms with Gasteiger partial charge in [0.2, 0.25) is 11.7 Å². The minimum atomic E-state index is -0.937. The van der Waals surface area contributed by atoms with Crippen molar-refractivity contribution in [3.63, 3.8) is 0 Å². The van der Waals surface area contributed by atoms with Gasteiger partial charge in [-0.25, -0.2) is 9.59 Å². The van der Waals surface area contributed by atoms with Gasteiger partial charge in [0, 0.05) is 17.1 Å². The summed E-state index contributed by atoms with van der Waals surface area (Å²) in [5.41, 5.74) is 2.00. The zero-order valence-corrected chi connectivity index (χ0v) is 23.5. The molecular weight excluding hydrogens is 562 g/mol. The van der Waals surface area contributed by atoms with Crippen LogP contribution >= 0.6 is 0 Å². The molecule has 0 bridgehead atoms. The Balaban J connectivity index is 1.59. The third-order valence-corrected chi connectivity index (χ3v) is 7.29. The number of esters is 2. The van der Waals surface area contributed by atoms with Crippen LogP contribution in [0.15, 0.2) is 85.1 Å². The average molecular weight is 586 g/mol. The quantitative estimate of drug-likeness (QED) is 0.209. The summed E-state index contributed by atoms with van der Waals surface area (Å²) in [6, 6.07) is 23.9. The molecule has 0 fully saturated rings. The van der Waals surface area contributed by atoms with E-state index in [4.69, 9.17) is 9.47 Å². The molecule has 3 aromatic heterocycles. The molecule has 0 aliphatic rings. The molecule has 6 aromatic rings. The van der Waals surface area contributed by atoms with Crippen molar-refractivity contribution in [2.24, 2.45) is 0 Å². The first-order chi connectivity index (χ1) is 21.4. The fourth-order valence-corrected chi connectivity index (χ4v) is 5.39. The fourth-order valence-electron chi connectivity index (χ4n) is 5.39. The molecule has 0 radical (unpaired) electrons. The van der Waals surface area contributed by atoms with Gasteiger partial charge < -0.3 is 19.4 Å². The maximum absolute atomic E-state index is 14.1. The number of fused-ring (bicyclic) bond motifs is 4. The van der Waals surface area contributed by atoms with E-state index in [-0.39, 0.29) is 34.6 Å². The summed E-state index contributed by atoms with van der Waals surface area (Å²) >= 11 is 0. The number of ketones is 1. The molecular formula is C33H23N5O6. The van der Waals surface area contributed by atoms with Gasteiger partial charge in [-0.2, -0.15) is 5.26 Å². The van der Waals surface area contributed by atoms with Gasteiger partial charge in [-0.3, -0.25) is 19.0 Å². The molecule has 11 nitrogen and oxygen atoms in total. The van der Waals surface area contributed by atoms with Crippen molar-refractivity contribution in [3.05, 3.63) is 113 Å². The number of carbonyl (C=O) groups excluding carboxylic acids is 4. The highest BCUT2D eigenvalue weighted by Gasteiger charge is 2.36. The SMILES string of the molecule is COC(=O)c1c(C(=O)OC)c2n(CC(=O)Nc3cccc4cccnc34)c3ccccc3n2c1C(=O)c1ccc(C#N)cc1. The van der Waals surface area contributed by atoms with E-state index in [0.29, 0.717) is 27.8 Å². The first kappa shape index (κ1) is 27.9. The predicted molar refractivity (Wildman–Crippen MR) is 161 cm³/mol. The van der Waals surface area contributed by atoms with Crippen molar-refractivity contribution in [1.29, 1.82) is 5.26 Å². The molecule has 1 amide bonds. The summed E-state index contributed by atoms with van der Waals surface area (Å²) in [6.45, 7) is -0.292. The van der Waals surface area contributed by atoms with E-state index in [0.717, 1.165) is 19.6 Å². The van der Waals surface area contributed by atoms with Crippen LogP contribution in [0.5, 0.6) is 0 Å². The average Bonchev–Trinajstić information content (AvgIpc) is 3.57. The summed E-state index contributed by atoms with van der Waals surface area (Å²) in [7, 11) is 2.29. The monoisotopic (exact) mass is 585 g/mol. The first-order valence-corrected chi connectivity index (χ1v) is 13.4. The Hall–Kier alpha value is -6.28. The van der Waals surface area contributed by atoms with Crippen molar-refractivity contribution in [2.75, 3.05) is 19.5 Å². The van der Waals surface area contributed by atoms with Crippen LogP contribution in [0.2, 0.25) is 0 Å². The van der Waals surface area contributed by atoms with E-state index in [1.807, 2.05) is 18.2 Å². The molecule has 1 N–H and O–H groups in total. The number of hydrogen-bond donors (Lipinski definition) is 1. The summed E-state index contributed by atoms with van der Waals surface area (Å²) in [5.74, 6) is -2.88. The summed E-state index contributed by atoms with van der Waals surface area (Å²) < 4.78 is 13.1. The lowest BCUT2D eigenvalue weighted by molar-refractivity contribution is -0.116. The predicted octanol–water partition coefficient (Wildman–Crippen LogP) is 4.76. The van der Waals surface area contributed by atoms with Crippen LogP contribution in [0.3, 0.4) is 0 Å². The number of aromatic nitrogens is 3. The standard InChI is InChI=1S/C33H23N5O6/c1-43-32(41)26-27(33(42)44-2)31-37(18-25(39)36-22-9-5-7-20-8-6-16-35-28(20)22)23-10-3-4-11-24(23)38(31)29(26)30(40)21-14-12-19(17-34)13-15-21/h3-16H,18H2,1-2H3,(H,36,39). The van der Waals surface area contributed by atoms with Crippen LogP contribution in [0.1, 0.15) is 42.3 Å². The Morgan fingerprint density at radius 1 is 0.841 bits per heavy atom. The smallest absolute Gasteiger partial charge is 0.342 e. The van der Waals surface area contributed by atoms with Gasteiger partial charge in [-0.05, 0) is 48.5 Å². The van der Waals surface area contributed by atoms with Gasteiger partial charge in [0.25, 0.3) is 0 Å². The number of nitriles is 1. The van der Waals surface area contributed by atoms with Crippen LogP contribution in [0.4, 0.5) is 5.69 Å². The zero-order valence-electron chi connectivity index (χ0n) is 23.5. The van der Waals surface area contributed by atoms with Crippen molar-refractivity contribution in [2.45, 2.75) is 6.54 Å². The lowest BCUT2D eigenvalue weighted by Gasteiger charge is -2.11. The topological polar surface area (TPSA) is 145 Å². The second-order valence-electron chi connectivity index (χ2n) is 9.76. The third kappa shape index (κ3) is 4.51. The Labute approximate surface area is 249 Å². The molecule has 0 aliphatic heterocycles. The second-order valence-corrected chi connectivity index (χ2v) is 9.76. The summed E-state index contributed by atoms with van der Waals surface area (Å²) in [4.78, 5) is 58.7. The number of hydrogen-bond acceptors (Lipinski definition) is 8. The minimum Gasteiger partial charge on any atom is -0.465 e. The molecule has 0 unspecified atom stereocenters. The van der Waals surface area contributed by atoms with Crippen molar-refractivity contribution >= 4 is 56.9 Å². The number of pyridine rings is 1. The second kappa shape index (κ2) is 11.2. The number of nitrogens with one attached hydrogen (secondary N) is 1. The van der Waals surface area contributed by atoms with Crippen LogP contribution < -0.4 is 5.32 Å². The minimum absolute atomic E-state index is 0.0987. The Morgan fingerprint density at radius 2 is 1.52 bits per heavy atom. The molecule has 6 rings (SSSR count). The van der Waals surface area contributed by atoms with E-state index in [9.17, 15) is 24.4 Å². The molecule has 0 saturated carbocycles. The zero-order chi connectivity index (χ0) is 31.0. The normalized spacial score (nSPS) is 10.9. The van der Waals surface area contributed by atoms with Crippen molar-refractivity contribution < 1.29 is 28.7 Å². The number of ether oxygens (including phenoxy) is 2. The fraction of sp³-hybridized carbons (Fsp3) is 0.0909. The van der Waals surface area contributed by atoms with Gasteiger partial charge in [0.1, 0.15) is 29.0 Å². The van der Waals surface area contributed by atoms with E-state index in [1.165, 1.54) is 28.7 Å². The Morgan fingerprint density at radius 3 is 2.23 bits per heavy atom. The molecule has 11 heteroatoms. The van der Waals surface area contributed by atoms with E-state index >= 15 is 0 Å². The maximum atomic E-state index is 14.1. The van der Waals surface area contributed by atoms with Crippen molar-refractivity contribution in [3.8, 4) is 6.07 Å². The van der Waals surface area contributed by atoms with Crippen LogP contribution in [-0.2, 0) is 20.8 Å². The summed E-state index contributed by atoms with van der Waals surface area (Å²) in [6.07, 6.45) is 1.63. The maximum Gasteiger partial charge on any atom is 0.342 e. The van der Waals surface area contributed by atoms with E-state index < -0.39 is 23.6 Å². The van der Waals surface area contributed by atoms with Crippen LogP contribution in [0, 0.1) is 11.3 Å². The molecule has 0 atom stereocenters. The Kier molecular flexibility index (Phi) is 7.08. The molecule has 0 spiro atoms. The van der Waals surface area contributed by atoms with Gasteiger partial charge in [-0.1, -0.05) is 30.3 Å². The van der Waals surface area contributed by atoms with E-state index in [2.05, 4.69) is 10.3 Å².